The average Bonchev–Trinajstić information content (AvgIpc) is 2.59. The first kappa shape index (κ1) is 19.6. The Bertz CT molecular complexity index is 898. The third-order valence-corrected chi connectivity index (χ3v) is 4.25. The minimum absolute atomic E-state index is 0.0248. The molecule has 2 aromatic carbocycles. The number of rotatable bonds is 6. The molecule has 0 atom stereocenters. The van der Waals surface area contributed by atoms with E-state index in [9.17, 15) is 13.2 Å². The fourth-order valence-electron chi connectivity index (χ4n) is 1.93. The van der Waals surface area contributed by atoms with Gasteiger partial charge in [0.25, 0.3) is 5.91 Å². The molecule has 2 rings (SSSR count). The van der Waals surface area contributed by atoms with E-state index >= 15 is 0 Å². The molecule has 0 bridgehead atoms. The van der Waals surface area contributed by atoms with Crippen LogP contribution in [0.5, 0.6) is 11.5 Å². The maximum atomic E-state index is 11.9. The van der Waals surface area contributed by atoms with Crippen molar-refractivity contribution in [2.75, 3.05) is 19.0 Å². The quantitative estimate of drug-likeness (QED) is 0.629. The number of carbonyl (C=O) groups is 1. The van der Waals surface area contributed by atoms with Crippen LogP contribution in [0.1, 0.15) is 0 Å². The fourth-order valence-corrected chi connectivity index (χ4v) is 2.68. The lowest BCUT2D eigenvalue weighted by Crippen LogP contribution is -2.37. The number of para-hydroxylation sites is 2. The average molecular weight is 395 g/mol. The first-order valence-corrected chi connectivity index (χ1v) is 9.24. The zero-order valence-electron chi connectivity index (χ0n) is 13.8. The summed E-state index contributed by atoms with van der Waals surface area (Å²) in [6, 6.07) is 12.5. The SMILES string of the molecule is COc1ccccc1OCC(=O)NC(=S)Nc1ccc(S(N)(=O)=O)cc1. The number of primary sulfonamides is 1. The van der Waals surface area contributed by atoms with Crippen LogP contribution < -0.4 is 25.2 Å². The largest absolute Gasteiger partial charge is 0.493 e. The molecule has 26 heavy (non-hydrogen) atoms. The lowest BCUT2D eigenvalue weighted by molar-refractivity contribution is -0.121. The summed E-state index contributed by atoms with van der Waals surface area (Å²) in [5.41, 5.74) is 0.494. The first-order valence-electron chi connectivity index (χ1n) is 7.29. The lowest BCUT2D eigenvalue weighted by atomic mass is 10.3. The number of ether oxygens (including phenoxy) is 2. The monoisotopic (exact) mass is 395 g/mol. The third kappa shape index (κ3) is 5.69. The summed E-state index contributed by atoms with van der Waals surface area (Å²) in [7, 11) is -2.26. The van der Waals surface area contributed by atoms with E-state index in [-0.39, 0.29) is 16.6 Å². The van der Waals surface area contributed by atoms with Crippen LogP contribution >= 0.6 is 12.2 Å². The summed E-state index contributed by atoms with van der Waals surface area (Å²) >= 11 is 5.03. The van der Waals surface area contributed by atoms with Crippen LogP contribution in [0.3, 0.4) is 0 Å². The number of anilines is 1. The van der Waals surface area contributed by atoms with Gasteiger partial charge in [0.1, 0.15) is 0 Å². The molecular formula is C16H17N3O5S2. The number of nitrogens with one attached hydrogen (secondary N) is 2. The van der Waals surface area contributed by atoms with Gasteiger partial charge in [-0.2, -0.15) is 0 Å². The predicted molar refractivity (Wildman–Crippen MR) is 101 cm³/mol. The number of amides is 1. The topological polar surface area (TPSA) is 120 Å². The van der Waals surface area contributed by atoms with Gasteiger partial charge in [0.05, 0.1) is 12.0 Å². The molecule has 10 heteroatoms. The molecule has 0 heterocycles. The van der Waals surface area contributed by atoms with Crippen molar-refractivity contribution in [2.24, 2.45) is 5.14 Å². The molecule has 1 amide bonds. The maximum Gasteiger partial charge on any atom is 0.264 e. The van der Waals surface area contributed by atoms with Gasteiger partial charge in [-0.1, -0.05) is 12.1 Å². The summed E-state index contributed by atoms with van der Waals surface area (Å²) in [4.78, 5) is 11.9. The highest BCUT2D eigenvalue weighted by atomic mass is 32.2. The smallest absolute Gasteiger partial charge is 0.264 e. The van der Waals surface area contributed by atoms with Gasteiger partial charge < -0.3 is 14.8 Å². The van der Waals surface area contributed by atoms with Crippen LogP contribution in [0.15, 0.2) is 53.4 Å². The number of nitrogens with two attached hydrogens (primary N) is 1. The molecule has 0 saturated heterocycles. The summed E-state index contributed by atoms with van der Waals surface area (Å²) in [5.74, 6) is 0.480. The first-order chi connectivity index (χ1) is 12.3. The van der Waals surface area contributed by atoms with Crippen molar-refractivity contribution in [3.63, 3.8) is 0 Å². The molecule has 0 aliphatic heterocycles. The van der Waals surface area contributed by atoms with E-state index < -0.39 is 15.9 Å². The molecule has 0 aliphatic carbocycles. The number of hydrogen-bond acceptors (Lipinski definition) is 6. The number of sulfonamides is 1. The van der Waals surface area contributed by atoms with Gasteiger partial charge in [-0.25, -0.2) is 13.6 Å². The van der Waals surface area contributed by atoms with Crippen molar-refractivity contribution < 1.29 is 22.7 Å². The number of carbonyl (C=O) groups excluding carboxylic acids is 1. The van der Waals surface area contributed by atoms with Crippen molar-refractivity contribution >= 4 is 38.9 Å². The minimum atomic E-state index is -3.76. The summed E-state index contributed by atoms with van der Waals surface area (Å²) in [6.45, 7) is -0.257. The summed E-state index contributed by atoms with van der Waals surface area (Å²) in [6.07, 6.45) is 0. The molecule has 0 saturated carbocycles. The van der Waals surface area contributed by atoms with Crippen molar-refractivity contribution in [2.45, 2.75) is 4.90 Å². The van der Waals surface area contributed by atoms with E-state index in [1.54, 1.807) is 24.3 Å². The van der Waals surface area contributed by atoms with Crippen LogP contribution in [0.25, 0.3) is 0 Å². The molecule has 4 N–H and O–H groups in total. The van der Waals surface area contributed by atoms with Gasteiger partial charge in [0.2, 0.25) is 10.0 Å². The van der Waals surface area contributed by atoms with Crippen molar-refractivity contribution in [1.29, 1.82) is 0 Å². The summed E-state index contributed by atoms with van der Waals surface area (Å²) in [5, 5.41) is 10.3. The van der Waals surface area contributed by atoms with Gasteiger partial charge in [-0.3, -0.25) is 10.1 Å². The Labute approximate surface area is 156 Å². The maximum absolute atomic E-state index is 11.9. The molecule has 2 aromatic rings. The van der Waals surface area contributed by atoms with Gasteiger partial charge in [0, 0.05) is 5.69 Å². The highest BCUT2D eigenvalue weighted by molar-refractivity contribution is 7.89. The van der Waals surface area contributed by atoms with Crippen LogP contribution in [0, 0.1) is 0 Å². The molecule has 138 valence electrons. The Hall–Kier alpha value is -2.69. The second-order valence-corrected chi connectivity index (χ2v) is 6.98. The Morgan fingerprint density at radius 1 is 1.12 bits per heavy atom. The predicted octanol–water partition coefficient (Wildman–Crippen LogP) is 1.23. The second-order valence-electron chi connectivity index (χ2n) is 5.01. The minimum Gasteiger partial charge on any atom is -0.493 e. The molecule has 0 unspecified atom stereocenters. The number of thiocarbonyl (C=S) groups is 1. The van der Waals surface area contributed by atoms with Gasteiger partial charge >= 0.3 is 0 Å². The number of methoxy groups -OCH3 is 1. The van der Waals surface area contributed by atoms with Crippen LogP contribution in [-0.4, -0.2) is 33.2 Å². The number of hydrogen-bond donors (Lipinski definition) is 3. The second kappa shape index (κ2) is 8.61. The fraction of sp³-hybridized carbons (Fsp3) is 0.125. The van der Waals surface area contributed by atoms with E-state index in [2.05, 4.69) is 10.6 Å². The zero-order valence-corrected chi connectivity index (χ0v) is 15.4. The Morgan fingerprint density at radius 3 is 2.31 bits per heavy atom. The third-order valence-electron chi connectivity index (χ3n) is 3.12. The van der Waals surface area contributed by atoms with E-state index in [1.165, 1.54) is 31.4 Å². The normalized spacial score (nSPS) is 10.7. The van der Waals surface area contributed by atoms with Crippen molar-refractivity contribution in [3.8, 4) is 11.5 Å². The zero-order chi connectivity index (χ0) is 19.2. The van der Waals surface area contributed by atoms with E-state index in [1.807, 2.05) is 0 Å². The van der Waals surface area contributed by atoms with Gasteiger partial charge in [-0.15, -0.1) is 0 Å². The molecular weight excluding hydrogens is 378 g/mol. The van der Waals surface area contributed by atoms with E-state index in [0.717, 1.165) is 0 Å². The van der Waals surface area contributed by atoms with Gasteiger partial charge in [0.15, 0.2) is 23.2 Å². The molecule has 0 aromatic heterocycles. The molecule has 0 fully saturated rings. The standard InChI is InChI=1S/C16H17N3O5S2/c1-23-13-4-2-3-5-14(13)24-10-15(20)19-16(25)18-11-6-8-12(9-7-11)26(17,21)22/h2-9H,10H2,1H3,(H2,17,21,22)(H2,18,19,20,25). The highest BCUT2D eigenvalue weighted by Crippen LogP contribution is 2.25. The van der Waals surface area contributed by atoms with E-state index in [4.69, 9.17) is 26.8 Å². The highest BCUT2D eigenvalue weighted by Gasteiger charge is 2.10. The molecule has 0 radical (unpaired) electrons. The summed E-state index contributed by atoms with van der Waals surface area (Å²) < 4.78 is 32.9. The molecule has 8 nitrogen and oxygen atoms in total. The van der Waals surface area contributed by atoms with Gasteiger partial charge in [-0.05, 0) is 48.6 Å². The molecule has 0 aliphatic rings. The van der Waals surface area contributed by atoms with Crippen molar-refractivity contribution in [1.82, 2.24) is 5.32 Å². The molecule has 0 spiro atoms. The number of benzene rings is 2. The van der Waals surface area contributed by atoms with Crippen molar-refractivity contribution in [3.05, 3.63) is 48.5 Å². The Balaban J connectivity index is 1.86. The Morgan fingerprint density at radius 2 is 1.73 bits per heavy atom. The van der Waals surface area contributed by atoms with E-state index in [0.29, 0.717) is 17.2 Å². The lowest BCUT2D eigenvalue weighted by Gasteiger charge is -2.12. The van der Waals surface area contributed by atoms with Crippen LogP contribution in [-0.2, 0) is 14.8 Å². The van der Waals surface area contributed by atoms with Crippen LogP contribution in [0.2, 0.25) is 0 Å². The Kier molecular flexibility index (Phi) is 6.50. The van der Waals surface area contributed by atoms with Crippen LogP contribution in [0.4, 0.5) is 5.69 Å².